The highest BCUT2D eigenvalue weighted by molar-refractivity contribution is 7.84. The number of nitrogens with one attached hydrogen (secondary N) is 2. The molecule has 0 aliphatic heterocycles. The molecule has 0 aliphatic carbocycles. The SMILES string of the molecule is CC(C)[C@H](NC(=O)OCc1ccccc1)C(=O)NCC[C@@H](C)[S@](C)=O. The van der Waals surface area contributed by atoms with Crippen molar-refractivity contribution < 1.29 is 18.5 Å². The number of amides is 2. The van der Waals surface area contributed by atoms with E-state index in [0.29, 0.717) is 13.0 Å². The minimum atomic E-state index is -0.916. The van der Waals surface area contributed by atoms with Crippen molar-refractivity contribution in [2.45, 2.75) is 45.1 Å². The maximum absolute atomic E-state index is 12.3. The summed E-state index contributed by atoms with van der Waals surface area (Å²) in [5.41, 5.74) is 0.879. The molecule has 2 amide bonds. The maximum atomic E-state index is 12.3. The predicted octanol–water partition coefficient (Wildman–Crippen LogP) is 2.21. The monoisotopic (exact) mass is 368 g/mol. The van der Waals surface area contributed by atoms with Crippen LogP contribution < -0.4 is 10.6 Å². The Bertz CT molecular complexity index is 578. The van der Waals surface area contributed by atoms with Crippen molar-refractivity contribution in [1.29, 1.82) is 0 Å². The van der Waals surface area contributed by atoms with Gasteiger partial charge in [0.1, 0.15) is 12.6 Å². The van der Waals surface area contributed by atoms with Gasteiger partial charge in [0, 0.05) is 28.9 Å². The Morgan fingerprint density at radius 3 is 2.36 bits per heavy atom. The van der Waals surface area contributed by atoms with Crippen LogP contribution in [0.5, 0.6) is 0 Å². The van der Waals surface area contributed by atoms with Gasteiger partial charge in [0.15, 0.2) is 0 Å². The fraction of sp³-hybridized carbons (Fsp3) is 0.556. The van der Waals surface area contributed by atoms with Crippen LogP contribution in [0.1, 0.15) is 32.8 Å². The number of ether oxygens (including phenoxy) is 1. The van der Waals surface area contributed by atoms with Crippen LogP contribution in [0.4, 0.5) is 4.79 Å². The Labute approximate surface area is 152 Å². The van der Waals surface area contributed by atoms with Crippen molar-refractivity contribution in [1.82, 2.24) is 10.6 Å². The number of hydrogen-bond acceptors (Lipinski definition) is 4. The highest BCUT2D eigenvalue weighted by Gasteiger charge is 2.24. The largest absolute Gasteiger partial charge is 0.445 e. The number of hydrogen-bond donors (Lipinski definition) is 2. The van der Waals surface area contributed by atoms with Crippen LogP contribution in [0.25, 0.3) is 0 Å². The van der Waals surface area contributed by atoms with Gasteiger partial charge in [-0.3, -0.25) is 9.00 Å². The molecule has 3 atom stereocenters. The number of benzene rings is 1. The van der Waals surface area contributed by atoms with E-state index >= 15 is 0 Å². The molecule has 140 valence electrons. The van der Waals surface area contributed by atoms with E-state index in [1.165, 1.54) is 0 Å². The summed E-state index contributed by atoms with van der Waals surface area (Å²) in [6.45, 7) is 6.15. The zero-order chi connectivity index (χ0) is 18.8. The van der Waals surface area contributed by atoms with Crippen LogP contribution in [0.15, 0.2) is 30.3 Å². The van der Waals surface area contributed by atoms with Crippen molar-refractivity contribution in [3.63, 3.8) is 0 Å². The summed E-state index contributed by atoms with van der Waals surface area (Å²) in [6.07, 6.45) is 1.65. The number of carbonyl (C=O) groups is 2. The second-order valence-corrected chi connectivity index (χ2v) is 8.12. The minimum Gasteiger partial charge on any atom is -0.445 e. The molecule has 7 heteroatoms. The second kappa shape index (κ2) is 10.9. The van der Waals surface area contributed by atoms with E-state index in [-0.39, 0.29) is 23.7 Å². The third-order valence-corrected chi connectivity index (χ3v) is 5.22. The van der Waals surface area contributed by atoms with Crippen LogP contribution in [0.3, 0.4) is 0 Å². The Balaban J connectivity index is 2.45. The first-order valence-corrected chi connectivity index (χ1v) is 10.0. The van der Waals surface area contributed by atoms with E-state index in [9.17, 15) is 13.8 Å². The Kier molecular flexibility index (Phi) is 9.20. The van der Waals surface area contributed by atoms with Gasteiger partial charge in [-0.25, -0.2) is 4.79 Å². The first-order chi connectivity index (χ1) is 11.8. The third-order valence-electron chi connectivity index (χ3n) is 3.85. The smallest absolute Gasteiger partial charge is 0.408 e. The van der Waals surface area contributed by atoms with Crippen LogP contribution >= 0.6 is 0 Å². The molecule has 0 unspecified atom stereocenters. The fourth-order valence-corrected chi connectivity index (χ4v) is 2.55. The summed E-state index contributed by atoms with van der Waals surface area (Å²) in [6, 6.07) is 8.66. The first-order valence-electron chi connectivity index (χ1n) is 8.38. The fourth-order valence-electron chi connectivity index (χ4n) is 2.10. The molecular formula is C18H28N2O4S. The molecule has 25 heavy (non-hydrogen) atoms. The van der Waals surface area contributed by atoms with Gasteiger partial charge in [-0.05, 0) is 17.9 Å². The normalized spacial score (nSPS) is 14.4. The number of carbonyl (C=O) groups excluding carboxylic acids is 2. The van der Waals surface area contributed by atoms with Gasteiger partial charge in [-0.15, -0.1) is 0 Å². The van der Waals surface area contributed by atoms with Gasteiger partial charge in [-0.1, -0.05) is 51.1 Å². The molecule has 0 spiro atoms. The number of alkyl carbamates (subject to hydrolysis) is 1. The summed E-state index contributed by atoms with van der Waals surface area (Å²) in [7, 11) is -0.916. The molecule has 0 aromatic heterocycles. The summed E-state index contributed by atoms with van der Waals surface area (Å²) >= 11 is 0. The van der Waals surface area contributed by atoms with E-state index in [2.05, 4.69) is 10.6 Å². The Morgan fingerprint density at radius 2 is 1.80 bits per heavy atom. The molecule has 0 saturated heterocycles. The lowest BCUT2D eigenvalue weighted by Gasteiger charge is -2.21. The van der Waals surface area contributed by atoms with Crippen LogP contribution in [0.2, 0.25) is 0 Å². The van der Waals surface area contributed by atoms with E-state index in [0.717, 1.165) is 5.56 Å². The van der Waals surface area contributed by atoms with Crippen LogP contribution in [-0.4, -0.2) is 40.3 Å². The maximum Gasteiger partial charge on any atom is 0.408 e. The summed E-state index contributed by atoms with van der Waals surface area (Å²) in [5, 5.41) is 5.41. The van der Waals surface area contributed by atoms with E-state index in [1.807, 2.05) is 51.1 Å². The highest BCUT2D eigenvalue weighted by atomic mass is 32.2. The second-order valence-electron chi connectivity index (χ2n) is 6.32. The summed E-state index contributed by atoms with van der Waals surface area (Å²) in [4.78, 5) is 24.2. The molecular weight excluding hydrogens is 340 g/mol. The molecule has 1 rings (SSSR count). The highest BCUT2D eigenvalue weighted by Crippen LogP contribution is 2.05. The van der Waals surface area contributed by atoms with Gasteiger partial charge in [-0.2, -0.15) is 0 Å². The van der Waals surface area contributed by atoms with E-state index in [4.69, 9.17) is 4.74 Å². The molecule has 0 heterocycles. The Morgan fingerprint density at radius 1 is 1.16 bits per heavy atom. The minimum absolute atomic E-state index is 0.0154. The van der Waals surface area contributed by atoms with Crippen molar-refractivity contribution >= 4 is 22.8 Å². The first kappa shape index (κ1) is 21.2. The standard InChI is InChI=1S/C18H28N2O4S/c1-13(2)16(17(21)19-11-10-14(3)25(4)23)20-18(22)24-12-15-8-6-5-7-9-15/h5-9,13-14,16H,10-12H2,1-4H3,(H,19,21)(H,20,22)/t14-,16+,25+/m1/s1. The van der Waals surface area contributed by atoms with Gasteiger partial charge in [0.25, 0.3) is 0 Å². The topological polar surface area (TPSA) is 84.5 Å². The third kappa shape index (κ3) is 8.16. The van der Waals surface area contributed by atoms with E-state index < -0.39 is 22.9 Å². The van der Waals surface area contributed by atoms with Crippen LogP contribution in [-0.2, 0) is 26.9 Å². The molecule has 1 aromatic rings. The van der Waals surface area contributed by atoms with Gasteiger partial charge >= 0.3 is 6.09 Å². The number of rotatable bonds is 9. The average molecular weight is 368 g/mol. The van der Waals surface area contributed by atoms with Crippen molar-refractivity contribution in [3.05, 3.63) is 35.9 Å². The van der Waals surface area contributed by atoms with Crippen molar-refractivity contribution in [2.75, 3.05) is 12.8 Å². The molecule has 2 N–H and O–H groups in total. The lowest BCUT2D eigenvalue weighted by atomic mass is 10.0. The van der Waals surface area contributed by atoms with Gasteiger partial charge in [0.05, 0.1) is 0 Å². The van der Waals surface area contributed by atoms with E-state index in [1.54, 1.807) is 6.26 Å². The molecule has 0 radical (unpaired) electrons. The predicted molar refractivity (Wildman–Crippen MR) is 99.5 cm³/mol. The zero-order valence-electron chi connectivity index (χ0n) is 15.3. The molecule has 1 aromatic carbocycles. The zero-order valence-corrected chi connectivity index (χ0v) is 16.1. The van der Waals surface area contributed by atoms with Crippen LogP contribution in [0, 0.1) is 5.92 Å². The molecule has 6 nitrogen and oxygen atoms in total. The average Bonchev–Trinajstić information content (AvgIpc) is 2.58. The molecule has 0 bridgehead atoms. The summed E-state index contributed by atoms with van der Waals surface area (Å²) < 4.78 is 16.5. The van der Waals surface area contributed by atoms with Gasteiger partial charge in [0.2, 0.25) is 5.91 Å². The molecule has 0 saturated carbocycles. The summed E-state index contributed by atoms with van der Waals surface area (Å²) in [5.74, 6) is -0.345. The lowest BCUT2D eigenvalue weighted by molar-refractivity contribution is -0.124. The Hall–Kier alpha value is -1.89. The van der Waals surface area contributed by atoms with Gasteiger partial charge < -0.3 is 15.4 Å². The lowest BCUT2D eigenvalue weighted by Crippen LogP contribution is -2.50. The molecule has 0 aliphatic rings. The van der Waals surface area contributed by atoms with Crippen molar-refractivity contribution in [3.8, 4) is 0 Å². The molecule has 0 fully saturated rings. The quantitative estimate of drug-likeness (QED) is 0.700. The van der Waals surface area contributed by atoms with Crippen molar-refractivity contribution in [2.24, 2.45) is 5.92 Å².